The van der Waals surface area contributed by atoms with Gasteiger partial charge in [0.1, 0.15) is 0 Å². The van der Waals surface area contributed by atoms with Gasteiger partial charge in [-0.15, -0.1) is 4.89 Å². The molecule has 0 aliphatic heterocycles. The third kappa shape index (κ3) is 3.79. The average Bonchev–Trinajstić information content (AvgIpc) is 2.16. The Morgan fingerprint density at radius 3 is 2.62 bits per heavy atom. The van der Waals surface area contributed by atoms with E-state index in [0.29, 0.717) is 0 Å². The number of rotatable bonds is 5. The Hall–Kier alpha value is -0.560. The lowest BCUT2D eigenvalue weighted by molar-refractivity contribution is -0.287. The van der Waals surface area contributed by atoms with Crippen LogP contribution in [0.2, 0.25) is 0 Å². The molecule has 0 fully saturated rings. The fourth-order valence-corrected chi connectivity index (χ4v) is 1.67. The molecule has 1 aromatic rings. The van der Waals surface area contributed by atoms with Gasteiger partial charge in [-0.2, -0.15) is 0 Å². The van der Waals surface area contributed by atoms with Crippen molar-refractivity contribution in [3.05, 3.63) is 30.1 Å². The van der Waals surface area contributed by atoms with Gasteiger partial charge in [-0.25, -0.2) is 4.52 Å². The molecule has 10 heteroatoms. The Morgan fingerprint density at radius 1 is 1.50 bits per heavy atom. The lowest BCUT2D eigenvalue weighted by Crippen LogP contribution is -2.29. The summed E-state index contributed by atoms with van der Waals surface area (Å²) in [6.07, 6.45) is 2.46. The summed E-state index contributed by atoms with van der Waals surface area (Å²) in [6, 6.07) is 2.67. The minimum Gasteiger partial charge on any atom is -0.336 e. The zero-order chi connectivity index (χ0) is 12.2. The molecule has 8 nitrogen and oxygen atoms in total. The second-order valence-corrected chi connectivity index (χ2v) is 3.84. The average molecular weight is 268 g/mol. The van der Waals surface area contributed by atoms with Crippen LogP contribution in [0.4, 0.5) is 0 Å². The molecule has 0 saturated heterocycles. The van der Waals surface area contributed by atoms with Crippen molar-refractivity contribution < 1.29 is 33.4 Å². The third-order valence-electron chi connectivity index (χ3n) is 1.43. The van der Waals surface area contributed by atoms with E-state index in [4.69, 9.17) is 14.7 Å². The molecule has 88 valence electrons. The predicted octanol–water partition coefficient (Wildman–Crippen LogP) is 0.0786. The minimum atomic E-state index is -3.21. The van der Waals surface area contributed by atoms with E-state index in [2.05, 4.69) is 14.0 Å². The van der Waals surface area contributed by atoms with Gasteiger partial charge in [-0.1, -0.05) is 0 Å². The SMILES string of the molecule is O=[P+](O)OC(O)(OP(O)O)c1cccnc1. The maximum Gasteiger partial charge on any atom is 0.700 e. The molecule has 0 spiro atoms. The first-order chi connectivity index (χ1) is 7.44. The maximum absolute atomic E-state index is 10.5. The van der Waals surface area contributed by atoms with E-state index in [0.717, 1.165) is 6.20 Å². The predicted molar refractivity (Wildman–Crippen MR) is 51.5 cm³/mol. The molecule has 1 aromatic heterocycles. The van der Waals surface area contributed by atoms with Crippen LogP contribution >= 0.6 is 16.9 Å². The molecule has 0 radical (unpaired) electrons. The molecule has 2 atom stereocenters. The zero-order valence-electron chi connectivity index (χ0n) is 7.66. The van der Waals surface area contributed by atoms with Crippen molar-refractivity contribution in [2.45, 2.75) is 5.97 Å². The van der Waals surface area contributed by atoms with Crippen LogP contribution in [0.5, 0.6) is 0 Å². The fraction of sp³-hybridized carbons (Fsp3) is 0.167. The van der Waals surface area contributed by atoms with Crippen molar-refractivity contribution in [3.63, 3.8) is 0 Å². The van der Waals surface area contributed by atoms with Crippen molar-refractivity contribution in [2.24, 2.45) is 0 Å². The van der Waals surface area contributed by atoms with Gasteiger partial charge in [0.05, 0.1) is 5.56 Å². The Balaban J connectivity index is 2.99. The summed E-state index contributed by atoms with van der Waals surface area (Å²) >= 11 is 0. The normalized spacial score (nSPS) is 15.9. The molecule has 0 aromatic carbocycles. The Labute approximate surface area is 92.1 Å². The van der Waals surface area contributed by atoms with Crippen molar-refractivity contribution >= 4 is 16.9 Å². The molecule has 0 amide bonds. The van der Waals surface area contributed by atoms with Crippen molar-refractivity contribution in [1.82, 2.24) is 4.98 Å². The van der Waals surface area contributed by atoms with Crippen molar-refractivity contribution in [1.29, 1.82) is 0 Å². The molecule has 16 heavy (non-hydrogen) atoms. The fourth-order valence-electron chi connectivity index (χ4n) is 0.888. The Kier molecular flexibility index (Phi) is 4.79. The highest BCUT2D eigenvalue weighted by atomic mass is 31.2. The van der Waals surface area contributed by atoms with E-state index in [9.17, 15) is 9.67 Å². The summed E-state index contributed by atoms with van der Waals surface area (Å²) in [6.45, 7) is 0. The van der Waals surface area contributed by atoms with Crippen molar-refractivity contribution in [3.8, 4) is 0 Å². The molecule has 1 heterocycles. The van der Waals surface area contributed by atoms with E-state index >= 15 is 0 Å². The molecule has 0 aliphatic rings. The standard InChI is InChI=1S/C6H7NO7P2/c8-6(13-15(9)10,14-16(11)12)5-2-1-3-7-4-5/h1-4,8-10H/p+1. The first kappa shape index (κ1) is 13.5. The van der Waals surface area contributed by atoms with Crippen LogP contribution in [-0.4, -0.2) is 24.8 Å². The highest BCUT2D eigenvalue weighted by molar-refractivity contribution is 7.39. The summed E-state index contributed by atoms with van der Waals surface area (Å²) in [5.74, 6) is -2.73. The lowest BCUT2D eigenvalue weighted by Gasteiger charge is -2.20. The molecule has 4 N–H and O–H groups in total. The number of aromatic nitrogens is 1. The summed E-state index contributed by atoms with van der Waals surface area (Å²) in [5.41, 5.74) is -0.150. The van der Waals surface area contributed by atoms with Gasteiger partial charge in [-0.3, -0.25) is 4.98 Å². The summed E-state index contributed by atoms with van der Waals surface area (Å²) < 4.78 is 18.9. The maximum atomic E-state index is 10.5. The molecule has 1 rings (SSSR count). The lowest BCUT2D eigenvalue weighted by atomic mass is 10.2. The summed E-state index contributed by atoms with van der Waals surface area (Å²) in [7, 11) is -6.19. The van der Waals surface area contributed by atoms with E-state index in [1.54, 1.807) is 0 Å². The number of aliphatic hydroxyl groups is 1. The second-order valence-electron chi connectivity index (χ2n) is 2.50. The number of nitrogens with zero attached hydrogens (tertiary/aromatic N) is 1. The molecule has 0 saturated carbocycles. The third-order valence-corrected chi connectivity index (χ3v) is 2.25. The number of hydrogen-bond donors (Lipinski definition) is 4. The van der Waals surface area contributed by atoms with Crippen LogP contribution in [0.3, 0.4) is 0 Å². The monoisotopic (exact) mass is 268 g/mol. The van der Waals surface area contributed by atoms with Crippen LogP contribution in [0, 0.1) is 0 Å². The van der Waals surface area contributed by atoms with E-state index in [1.165, 1.54) is 18.3 Å². The quantitative estimate of drug-likeness (QED) is 0.436. The first-order valence-electron chi connectivity index (χ1n) is 3.79. The molecule has 0 bridgehead atoms. The summed E-state index contributed by atoms with van der Waals surface area (Å²) in [4.78, 5) is 29.4. The van der Waals surface area contributed by atoms with Gasteiger partial charge in [0.15, 0.2) is 0 Å². The minimum absolute atomic E-state index is 0.150. The van der Waals surface area contributed by atoms with Crippen LogP contribution < -0.4 is 0 Å². The van der Waals surface area contributed by atoms with Gasteiger partial charge in [0.2, 0.25) is 0 Å². The van der Waals surface area contributed by atoms with E-state index in [-0.39, 0.29) is 5.56 Å². The van der Waals surface area contributed by atoms with Gasteiger partial charge in [0.25, 0.3) is 0 Å². The molecular weight excluding hydrogens is 260 g/mol. The zero-order valence-corrected chi connectivity index (χ0v) is 9.45. The molecule has 0 aliphatic carbocycles. The Morgan fingerprint density at radius 2 is 2.19 bits per heavy atom. The first-order valence-corrected chi connectivity index (χ1v) is 6.09. The van der Waals surface area contributed by atoms with Crippen LogP contribution in [0.25, 0.3) is 0 Å². The summed E-state index contributed by atoms with van der Waals surface area (Å²) in [5, 5.41) is 9.69. The topological polar surface area (TPSA) is 129 Å². The number of pyridine rings is 1. The van der Waals surface area contributed by atoms with Crippen molar-refractivity contribution in [2.75, 3.05) is 0 Å². The van der Waals surface area contributed by atoms with Crippen LogP contribution in [-0.2, 0) is 19.6 Å². The Bertz CT molecular complexity index is 361. The number of hydrogen-bond acceptors (Lipinski definition) is 7. The smallest absolute Gasteiger partial charge is 0.336 e. The van der Waals surface area contributed by atoms with Gasteiger partial charge < -0.3 is 14.9 Å². The highest BCUT2D eigenvalue weighted by Gasteiger charge is 2.44. The molecular formula is C6H8NO7P2+. The highest BCUT2D eigenvalue weighted by Crippen LogP contribution is 2.42. The van der Waals surface area contributed by atoms with Gasteiger partial charge in [-0.05, 0) is 16.7 Å². The van der Waals surface area contributed by atoms with E-state index in [1.807, 2.05) is 0 Å². The van der Waals surface area contributed by atoms with Crippen LogP contribution in [0.1, 0.15) is 5.56 Å². The van der Waals surface area contributed by atoms with Gasteiger partial charge >= 0.3 is 22.8 Å². The van der Waals surface area contributed by atoms with Crippen LogP contribution in [0.15, 0.2) is 24.5 Å². The van der Waals surface area contributed by atoms with E-state index < -0.39 is 22.8 Å². The molecule has 2 unspecified atom stereocenters. The van der Waals surface area contributed by atoms with Gasteiger partial charge in [0, 0.05) is 17.0 Å². The largest absolute Gasteiger partial charge is 0.700 e. The second kappa shape index (κ2) is 5.67.